The van der Waals surface area contributed by atoms with Gasteiger partial charge in [-0.15, -0.1) is 11.8 Å². The van der Waals surface area contributed by atoms with Crippen molar-refractivity contribution in [3.63, 3.8) is 0 Å². The first kappa shape index (κ1) is 12.0. The molecule has 0 bridgehead atoms. The van der Waals surface area contributed by atoms with Crippen LogP contribution in [0.3, 0.4) is 0 Å². The molecule has 0 aliphatic heterocycles. The van der Waals surface area contributed by atoms with Gasteiger partial charge in [-0.25, -0.2) is 0 Å². The Bertz CT molecular complexity index is 333. The maximum absolute atomic E-state index is 10.1. The van der Waals surface area contributed by atoms with E-state index in [0.29, 0.717) is 6.42 Å². The zero-order chi connectivity index (χ0) is 11.6. The first-order chi connectivity index (χ1) is 7.62. The van der Waals surface area contributed by atoms with Crippen molar-refractivity contribution < 1.29 is 10.2 Å². The molecule has 0 amide bonds. The Kier molecular flexibility index (Phi) is 3.57. The molecule has 0 unspecified atom stereocenters. The summed E-state index contributed by atoms with van der Waals surface area (Å²) >= 11 is 1.75. The molecule has 1 aromatic carbocycles. The van der Waals surface area contributed by atoms with Gasteiger partial charge in [0.2, 0.25) is 0 Å². The highest BCUT2D eigenvalue weighted by Gasteiger charge is 2.49. The average molecular weight is 238 g/mol. The van der Waals surface area contributed by atoms with E-state index in [1.165, 1.54) is 4.90 Å². The van der Waals surface area contributed by atoms with E-state index < -0.39 is 12.2 Å². The molecule has 88 valence electrons. The highest BCUT2D eigenvalue weighted by molar-refractivity contribution is 8.01. The molecule has 0 radical (unpaired) electrons. The molecule has 1 saturated carbocycles. The Labute approximate surface area is 101 Å². The lowest BCUT2D eigenvalue weighted by molar-refractivity contribution is 0.0846. The molecule has 2 nitrogen and oxygen atoms in total. The first-order valence-electron chi connectivity index (χ1n) is 5.72. The third kappa shape index (κ3) is 2.78. The second kappa shape index (κ2) is 4.78. The van der Waals surface area contributed by atoms with Crippen LogP contribution in [0.5, 0.6) is 0 Å². The Balaban J connectivity index is 1.98. The van der Waals surface area contributed by atoms with Gasteiger partial charge in [-0.3, -0.25) is 0 Å². The van der Waals surface area contributed by atoms with Crippen molar-refractivity contribution in [3.8, 4) is 0 Å². The first-order valence-corrected chi connectivity index (χ1v) is 6.54. The number of hydrogen-bond donors (Lipinski definition) is 2. The molecule has 0 heterocycles. The summed E-state index contributed by atoms with van der Waals surface area (Å²) in [5.41, 5.74) is 0. The number of aliphatic hydroxyl groups excluding tert-OH is 2. The molecule has 1 aromatic rings. The Morgan fingerprint density at radius 1 is 1.25 bits per heavy atom. The highest BCUT2D eigenvalue weighted by atomic mass is 32.2. The maximum atomic E-state index is 10.1. The smallest absolute Gasteiger partial charge is 0.0714 e. The van der Waals surface area contributed by atoms with Gasteiger partial charge in [-0.2, -0.15) is 0 Å². The van der Waals surface area contributed by atoms with Crippen molar-refractivity contribution in [2.75, 3.05) is 0 Å². The summed E-state index contributed by atoms with van der Waals surface area (Å²) < 4.78 is -0.0433. The van der Waals surface area contributed by atoms with Crippen LogP contribution in [0, 0.1) is 0 Å². The van der Waals surface area contributed by atoms with E-state index >= 15 is 0 Å². The maximum Gasteiger partial charge on any atom is 0.0714 e. The van der Waals surface area contributed by atoms with E-state index in [2.05, 4.69) is 12.1 Å². The number of rotatable bonds is 5. The normalized spacial score (nSPS) is 21.4. The van der Waals surface area contributed by atoms with Gasteiger partial charge < -0.3 is 10.2 Å². The van der Waals surface area contributed by atoms with Crippen LogP contribution >= 0.6 is 11.8 Å². The summed E-state index contributed by atoms with van der Waals surface area (Å²) in [7, 11) is 0. The van der Waals surface area contributed by atoms with Crippen LogP contribution in [0.25, 0.3) is 0 Å². The SMILES string of the molecule is C[C@H](O)C[C@@H](O)C1(Sc2ccccc2)CC1. The van der Waals surface area contributed by atoms with E-state index in [1.807, 2.05) is 18.2 Å². The number of hydrogen-bond acceptors (Lipinski definition) is 3. The van der Waals surface area contributed by atoms with Gasteiger partial charge in [0.1, 0.15) is 0 Å². The molecule has 0 saturated heterocycles. The van der Waals surface area contributed by atoms with E-state index in [4.69, 9.17) is 0 Å². The highest BCUT2D eigenvalue weighted by Crippen LogP contribution is 2.54. The van der Waals surface area contributed by atoms with E-state index in [-0.39, 0.29) is 4.75 Å². The van der Waals surface area contributed by atoms with Crippen molar-refractivity contribution >= 4 is 11.8 Å². The van der Waals surface area contributed by atoms with Crippen LogP contribution in [0.15, 0.2) is 35.2 Å². The number of thioether (sulfide) groups is 1. The molecule has 0 aromatic heterocycles. The molecule has 1 fully saturated rings. The Hall–Kier alpha value is -0.510. The van der Waals surface area contributed by atoms with Crippen molar-refractivity contribution in [2.24, 2.45) is 0 Å². The van der Waals surface area contributed by atoms with Crippen LogP contribution in [-0.2, 0) is 0 Å². The third-order valence-corrected chi connectivity index (χ3v) is 4.57. The van der Waals surface area contributed by atoms with Gasteiger partial charge in [-0.05, 0) is 31.9 Å². The Morgan fingerprint density at radius 2 is 1.88 bits per heavy atom. The summed E-state index contributed by atoms with van der Waals surface area (Å²) in [6.07, 6.45) is 1.72. The van der Waals surface area contributed by atoms with Crippen molar-refractivity contribution in [3.05, 3.63) is 30.3 Å². The van der Waals surface area contributed by atoms with E-state index in [9.17, 15) is 10.2 Å². The summed E-state index contributed by atoms with van der Waals surface area (Å²) in [5, 5.41) is 19.4. The van der Waals surface area contributed by atoms with Gasteiger partial charge in [0.25, 0.3) is 0 Å². The van der Waals surface area contributed by atoms with Crippen LogP contribution in [0.4, 0.5) is 0 Å². The predicted octanol–water partition coefficient (Wildman–Crippen LogP) is 2.44. The number of benzene rings is 1. The lowest BCUT2D eigenvalue weighted by Crippen LogP contribution is -2.28. The molecule has 16 heavy (non-hydrogen) atoms. The van der Waals surface area contributed by atoms with E-state index in [0.717, 1.165) is 12.8 Å². The zero-order valence-electron chi connectivity index (χ0n) is 9.47. The van der Waals surface area contributed by atoms with Crippen LogP contribution < -0.4 is 0 Å². The second-order valence-corrected chi connectivity index (χ2v) is 6.07. The largest absolute Gasteiger partial charge is 0.393 e. The quantitative estimate of drug-likeness (QED) is 0.828. The minimum atomic E-state index is -0.427. The zero-order valence-corrected chi connectivity index (χ0v) is 10.3. The predicted molar refractivity (Wildman–Crippen MR) is 66.6 cm³/mol. The molecule has 1 aliphatic carbocycles. The fourth-order valence-electron chi connectivity index (χ4n) is 1.89. The molecule has 2 N–H and O–H groups in total. The van der Waals surface area contributed by atoms with Crippen LogP contribution in [0.1, 0.15) is 26.2 Å². The topological polar surface area (TPSA) is 40.5 Å². The summed E-state index contributed by atoms with van der Waals surface area (Å²) in [5.74, 6) is 0. The lowest BCUT2D eigenvalue weighted by Gasteiger charge is -2.22. The van der Waals surface area contributed by atoms with Crippen LogP contribution in [0.2, 0.25) is 0 Å². The van der Waals surface area contributed by atoms with Gasteiger partial charge in [0.15, 0.2) is 0 Å². The minimum absolute atomic E-state index is 0.0433. The molecule has 2 rings (SSSR count). The Morgan fingerprint density at radius 3 is 2.38 bits per heavy atom. The van der Waals surface area contributed by atoms with Gasteiger partial charge >= 0.3 is 0 Å². The molecule has 3 heteroatoms. The number of aliphatic hydroxyl groups is 2. The molecular weight excluding hydrogens is 220 g/mol. The summed E-state index contributed by atoms with van der Waals surface area (Å²) in [6, 6.07) is 10.2. The average Bonchev–Trinajstić information content (AvgIpc) is 2.99. The minimum Gasteiger partial charge on any atom is -0.393 e. The van der Waals surface area contributed by atoms with E-state index in [1.54, 1.807) is 18.7 Å². The molecule has 1 aliphatic rings. The lowest BCUT2D eigenvalue weighted by atomic mass is 10.1. The van der Waals surface area contributed by atoms with Gasteiger partial charge in [0, 0.05) is 16.1 Å². The second-order valence-electron chi connectivity index (χ2n) is 4.58. The van der Waals surface area contributed by atoms with Crippen molar-refractivity contribution in [1.82, 2.24) is 0 Å². The van der Waals surface area contributed by atoms with Crippen molar-refractivity contribution in [2.45, 2.75) is 48.0 Å². The van der Waals surface area contributed by atoms with Crippen LogP contribution in [-0.4, -0.2) is 27.2 Å². The van der Waals surface area contributed by atoms with Gasteiger partial charge in [0.05, 0.1) is 12.2 Å². The molecule has 0 spiro atoms. The van der Waals surface area contributed by atoms with Gasteiger partial charge in [-0.1, -0.05) is 18.2 Å². The molecule has 2 atom stereocenters. The molecular formula is C13H18O2S. The monoisotopic (exact) mass is 238 g/mol. The summed E-state index contributed by atoms with van der Waals surface area (Å²) in [4.78, 5) is 1.20. The van der Waals surface area contributed by atoms with Crippen molar-refractivity contribution in [1.29, 1.82) is 0 Å². The fraction of sp³-hybridized carbons (Fsp3) is 0.538. The standard InChI is InChI=1S/C13H18O2S/c1-10(14)9-12(15)13(7-8-13)16-11-5-3-2-4-6-11/h2-6,10,12,14-15H,7-9H2,1H3/t10-,12+/m0/s1. The fourth-order valence-corrected chi connectivity index (χ4v) is 3.19. The summed E-state index contributed by atoms with van der Waals surface area (Å²) in [6.45, 7) is 1.73. The third-order valence-electron chi connectivity index (χ3n) is 2.98.